The summed E-state index contributed by atoms with van der Waals surface area (Å²) >= 11 is 1.37. The topological polar surface area (TPSA) is 114 Å². The molecule has 0 aliphatic heterocycles. The molecule has 0 spiro atoms. The molecule has 0 aliphatic carbocycles. The predicted molar refractivity (Wildman–Crippen MR) is 134 cm³/mol. The van der Waals surface area contributed by atoms with Crippen LogP contribution in [0.1, 0.15) is 62.0 Å². The molecule has 1 amide bonds. The molecule has 0 fully saturated rings. The number of hydrogen-bond donors (Lipinski definition) is 2. The fourth-order valence-corrected chi connectivity index (χ4v) is 4.35. The number of anilines is 2. The Kier molecular flexibility index (Phi) is 8.21. The highest BCUT2D eigenvalue weighted by Gasteiger charge is 2.26. The van der Waals surface area contributed by atoms with Gasteiger partial charge in [0.2, 0.25) is 0 Å². The lowest BCUT2D eigenvalue weighted by atomic mass is 10.2. The highest BCUT2D eigenvalue weighted by atomic mass is 32.1. The van der Waals surface area contributed by atoms with Crippen LogP contribution in [0.15, 0.2) is 39.2 Å². The lowest BCUT2D eigenvalue weighted by Crippen LogP contribution is -2.41. The van der Waals surface area contributed by atoms with E-state index in [1.165, 1.54) is 20.8 Å². The summed E-state index contributed by atoms with van der Waals surface area (Å²) in [7, 11) is 0. The molecular formula is C24H31N5O3S. The van der Waals surface area contributed by atoms with Crippen LogP contribution in [-0.2, 0) is 6.54 Å². The molecule has 8 nitrogen and oxygen atoms in total. The van der Waals surface area contributed by atoms with Crippen molar-refractivity contribution < 1.29 is 4.79 Å². The first-order valence-electron chi connectivity index (χ1n) is 11.3. The van der Waals surface area contributed by atoms with E-state index in [1.54, 1.807) is 5.38 Å². The number of carbonyl (C=O) groups is 1. The monoisotopic (exact) mass is 469 g/mol. The number of hydrogen-bond acceptors (Lipinski definition) is 6. The summed E-state index contributed by atoms with van der Waals surface area (Å²) in [6.07, 6.45) is 4.14. The molecule has 9 heteroatoms. The van der Waals surface area contributed by atoms with E-state index in [2.05, 4.69) is 16.9 Å². The molecule has 0 atom stereocenters. The Hall–Kier alpha value is -3.20. The summed E-state index contributed by atoms with van der Waals surface area (Å²) < 4.78 is 1.33. The van der Waals surface area contributed by atoms with Gasteiger partial charge < -0.3 is 5.73 Å². The Morgan fingerprint density at radius 1 is 1.12 bits per heavy atom. The minimum atomic E-state index is -0.663. The van der Waals surface area contributed by atoms with Gasteiger partial charge in [-0.1, -0.05) is 62.9 Å². The van der Waals surface area contributed by atoms with Crippen molar-refractivity contribution in [3.8, 4) is 10.6 Å². The Morgan fingerprint density at radius 2 is 1.82 bits per heavy atom. The Morgan fingerprint density at radius 3 is 2.48 bits per heavy atom. The molecule has 33 heavy (non-hydrogen) atoms. The van der Waals surface area contributed by atoms with Gasteiger partial charge in [0.1, 0.15) is 16.5 Å². The van der Waals surface area contributed by atoms with E-state index in [9.17, 15) is 14.4 Å². The number of H-pyrrole nitrogens is 1. The number of aromatic nitrogens is 3. The van der Waals surface area contributed by atoms with Crippen LogP contribution >= 0.6 is 11.3 Å². The Labute approximate surface area is 197 Å². The van der Waals surface area contributed by atoms with Gasteiger partial charge in [-0.25, -0.2) is 9.78 Å². The molecule has 0 radical (unpaired) electrons. The van der Waals surface area contributed by atoms with Crippen LogP contribution in [0, 0.1) is 6.92 Å². The van der Waals surface area contributed by atoms with Crippen molar-refractivity contribution in [1.82, 2.24) is 14.5 Å². The molecule has 1 aromatic carbocycles. The number of benzene rings is 1. The quantitative estimate of drug-likeness (QED) is 0.432. The maximum Gasteiger partial charge on any atom is 0.330 e. The van der Waals surface area contributed by atoms with Crippen molar-refractivity contribution in [2.45, 2.75) is 59.4 Å². The fraction of sp³-hybridized carbons (Fsp3) is 0.417. The van der Waals surface area contributed by atoms with Gasteiger partial charge >= 0.3 is 5.69 Å². The smallest absolute Gasteiger partial charge is 0.330 e. The van der Waals surface area contributed by atoms with Crippen molar-refractivity contribution in [3.63, 3.8) is 0 Å². The molecule has 0 aliphatic rings. The highest BCUT2D eigenvalue weighted by molar-refractivity contribution is 7.13. The SMILES string of the molecule is CCCCCN(C(=O)c1csc(-c2ccc(C)cc2)n1)c1c(N)n(CCCC)c(=O)[nH]c1=O. The maximum absolute atomic E-state index is 13.5. The maximum atomic E-state index is 13.5. The zero-order valence-corrected chi connectivity index (χ0v) is 20.2. The van der Waals surface area contributed by atoms with Crippen LogP contribution in [0.3, 0.4) is 0 Å². The standard InChI is InChI=1S/C24H31N5O3S/c1-4-6-8-14-28(19-20(25)29(13-7-5-2)24(32)27-21(19)30)23(31)18-15-33-22(26-18)17-11-9-16(3)10-12-17/h9-12,15H,4-8,13-14,25H2,1-3H3,(H,27,30,32). The number of amides is 1. The summed E-state index contributed by atoms with van der Waals surface area (Å²) in [5.41, 5.74) is 7.38. The van der Waals surface area contributed by atoms with E-state index in [-0.39, 0.29) is 17.2 Å². The highest BCUT2D eigenvalue weighted by Crippen LogP contribution is 2.26. The second-order valence-electron chi connectivity index (χ2n) is 8.07. The van der Waals surface area contributed by atoms with Gasteiger partial charge in [0.25, 0.3) is 11.5 Å². The van der Waals surface area contributed by atoms with Crippen molar-refractivity contribution in [3.05, 3.63) is 61.7 Å². The van der Waals surface area contributed by atoms with E-state index in [0.717, 1.165) is 41.8 Å². The first-order valence-corrected chi connectivity index (χ1v) is 12.2. The van der Waals surface area contributed by atoms with Crippen molar-refractivity contribution in [2.75, 3.05) is 17.2 Å². The number of nitrogens with zero attached hydrogens (tertiary/aromatic N) is 3. The first-order chi connectivity index (χ1) is 15.9. The number of thiazole rings is 1. The summed E-state index contributed by atoms with van der Waals surface area (Å²) in [6, 6.07) is 7.92. The minimum absolute atomic E-state index is 0.0102. The largest absolute Gasteiger partial charge is 0.383 e. The van der Waals surface area contributed by atoms with Crippen molar-refractivity contribution in [1.29, 1.82) is 0 Å². The minimum Gasteiger partial charge on any atom is -0.383 e. The number of rotatable bonds is 10. The third kappa shape index (κ3) is 5.60. The molecule has 3 aromatic rings. The molecule has 2 aromatic heterocycles. The summed E-state index contributed by atoms with van der Waals surface area (Å²) in [5, 5.41) is 2.42. The molecule has 0 unspecified atom stereocenters. The molecule has 0 saturated carbocycles. The number of nitrogens with one attached hydrogen (secondary N) is 1. The van der Waals surface area contributed by atoms with Crippen LogP contribution < -0.4 is 21.9 Å². The summed E-state index contributed by atoms with van der Waals surface area (Å²) in [4.78, 5) is 46.9. The van der Waals surface area contributed by atoms with E-state index < -0.39 is 17.2 Å². The number of carbonyl (C=O) groups excluding carboxylic acids is 1. The molecular weight excluding hydrogens is 438 g/mol. The van der Waals surface area contributed by atoms with E-state index >= 15 is 0 Å². The van der Waals surface area contributed by atoms with Gasteiger partial charge in [-0.2, -0.15) is 0 Å². The van der Waals surface area contributed by atoms with Gasteiger partial charge in [-0.3, -0.25) is 24.0 Å². The number of aryl methyl sites for hydroxylation is 1. The third-order valence-corrected chi connectivity index (χ3v) is 6.36. The molecule has 3 rings (SSSR count). The zero-order chi connectivity index (χ0) is 24.0. The van der Waals surface area contributed by atoms with Crippen molar-refractivity contribution >= 4 is 28.7 Å². The molecule has 0 bridgehead atoms. The average molecular weight is 470 g/mol. The number of aromatic amines is 1. The molecule has 2 heterocycles. The van der Waals surface area contributed by atoms with Crippen LogP contribution in [-0.4, -0.2) is 27.0 Å². The normalized spacial score (nSPS) is 11.0. The van der Waals surface area contributed by atoms with E-state index in [4.69, 9.17) is 5.73 Å². The Balaban J connectivity index is 2.02. The van der Waals surface area contributed by atoms with E-state index in [1.807, 2.05) is 38.1 Å². The van der Waals surface area contributed by atoms with Crippen LogP contribution in [0.25, 0.3) is 10.6 Å². The first kappa shape index (κ1) is 24.4. The van der Waals surface area contributed by atoms with Gasteiger partial charge in [0.15, 0.2) is 5.69 Å². The lowest BCUT2D eigenvalue weighted by Gasteiger charge is -2.24. The average Bonchev–Trinajstić information content (AvgIpc) is 3.28. The Bertz CT molecular complexity index is 1210. The lowest BCUT2D eigenvalue weighted by molar-refractivity contribution is 0.0982. The van der Waals surface area contributed by atoms with Crippen LogP contribution in [0.4, 0.5) is 11.5 Å². The van der Waals surface area contributed by atoms with E-state index in [0.29, 0.717) is 19.5 Å². The number of nitrogen functional groups attached to an aromatic ring is 1. The third-order valence-electron chi connectivity index (χ3n) is 5.47. The fourth-order valence-electron chi connectivity index (χ4n) is 3.55. The summed E-state index contributed by atoms with van der Waals surface area (Å²) in [5.74, 6) is -0.394. The van der Waals surface area contributed by atoms with Crippen LogP contribution in [0.2, 0.25) is 0 Å². The number of nitrogens with two attached hydrogens (primary N) is 1. The van der Waals surface area contributed by atoms with Gasteiger partial charge in [0, 0.05) is 24.0 Å². The van der Waals surface area contributed by atoms with Gasteiger partial charge in [0.05, 0.1) is 0 Å². The second kappa shape index (κ2) is 11.1. The number of unbranched alkanes of at least 4 members (excludes halogenated alkanes) is 3. The van der Waals surface area contributed by atoms with Crippen molar-refractivity contribution in [2.24, 2.45) is 0 Å². The van der Waals surface area contributed by atoms with Crippen LogP contribution in [0.5, 0.6) is 0 Å². The molecule has 3 N–H and O–H groups in total. The molecule has 176 valence electrons. The predicted octanol–water partition coefficient (Wildman–Crippen LogP) is 4.19. The summed E-state index contributed by atoms with van der Waals surface area (Å²) in [6.45, 7) is 6.75. The van der Waals surface area contributed by atoms with Gasteiger partial charge in [-0.15, -0.1) is 11.3 Å². The van der Waals surface area contributed by atoms with Gasteiger partial charge in [-0.05, 0) is 19.8 Å². The molecule has 0 saturated heterocycles. The second-order valence-corrected chi connectivity index (χ2v) is 8.92. The zero-order valence-electron chi connectivity index (χ0n) is 19.4.